The van der Waals surface area contributed by atoms with E-state index in [1.807, 2.05) is 6.92 Å². The second-order valence-electron chi connectivity index (χ2n) is 6.43. The molecule has 2 rings (SSSR count). The van der Waals surface area contributed by atoms with Crippen LogP contribution in [0.3, 0.4) is 0 Å². The topological polar surface area (TPSA) is 37.4 Å². The Morgan fingerprint density at radius 2 is 1.18 bits per heavy atom. The molecule has 28 heavy (non-hydrogen) atoms. The first kappa shape index (κ1) is 21.6. The maximum Gasteiger partial charge on any atom is 0.260 e. The Morgan fingerprint density at radius 3 is 1.61 bits per heavy atom. The minimum atomic E-state index is -1.21. The third-order valence-electron chi connectivity index (χ3n) is 4.31. The summed E-state index contributed by atoms with van der Waals surface area (Å²) < 4.78 is 53.3. The van der Waals surface area contributed by atoms with Gasteiger partial charge in [-0.25, -0.2) is 17.6 Å². The van der Waals surface area contributed by atoms with Crippen molar-refractivity contribution >= 4 is 11.8 Å². The summed E-state index contributed by atoms with van der Waals surface area (Å²) >= 11 is 0. The van der Waals surface area contributed by atoms with E-state index in [2.05, 4.69) is 0 Å². The van der Waals surface area contributed by atoms with Crippen LogP contribution in [0.2, 0.25) is 0 Å². The second kappa shape index (κ2) is 10.0. The number of nitrogens with zero attached hydrogens (tertiary/aromatic N) is 1. The van der Waals surface area contributed by atoms with Crippen molar-refractivity contribution < 1.29 is 27.2 Å². The number of benzene rings is 2. The highest BCUT2D eigenvalue weighted by Gasteiger charge is 2.25. The van der Waals surface area contributed by atoms with Gasteiger partial charge < -0.3 is 0 Å². The summed E-state index contributed by atoms with van der Waals surface area (Å²) in [5.74, 6) is -6.32. The summed E-state index contributed by atoms with van der Waals surface area (Å²) in [6.45, 7) is 2.07. The number of unbranched alkanes of at least 4 members (excludes halogenated alkanes) is 4. The van der Waals surface area contributed by atoms with Gasteiger partial charge >= 0.3 is 0 Å². The van der Waals surface area contributed by atoms with Crippen LogP contribution in [0.5, 0.6) is 0 Å². The molecule has 3 nitrogen and oxygen atoms in total. The van der Waals surface area contributed by atoms with Gasteiger partial charge in [-0.15, -0.1) is 0 Å². The van der Waals surface area contributed by atoms with E-state index >= 15 is 0 Å². The van der Waals surface area contributed by atoms with Crippen LogP contribution in [0.4, 0.5) is 17.6 Å². The van der Waals surface area contributed by atoms with E-state index < -0.39 is 35.1 Å². The molecule has 0 radical (unpaired) electrons. The number of amides is 2. The van der Waals surface area contributed by atoms with Crippen molar-refractivity contribution in [3.63, 3.8) is 0 Å². The van der Waals surface area contributed by atoms with Crippen LogP contribution in [-0.2, 0) is 0 Å². The first-order valence-corrected chi connectivity index (χ1v) is 9.11. The normalized spacial score (nSPS) is 10.8. The van der Waals surface area contributed by atoms with E-state index in [0.717, 1.165) is 54.8 Å². The lowest BCUT2D eigenvalue weighted by atomic mass is 10.1. The minimum absolute atomic E-state index is 0.0272. The molecule has 0 saturated heterocycles. The summed E-state index contributed by atoms with van der Waals surface area (Å²) in [7, 11) is 0. The molecule has 0 aliphatic carbocycles. The van der Waals surface area contributed by atoms with Crippen molar-refractivity contribution in [1.82, 2.24) is 4.90 Å². The molecular weight excluding hydrogens is 374 g/mol. The Bertz CT molecular complexity index is 791. The second-order valence-corrected chi connectivity index (χ2v) is 6.43. The van der Waals surface area contributed by atoms with E-state index in [-0.39, 0.29) is 17.7 Å². The maximum atomic E-state index is 13.5. The van der Waals surface area contributed by atoms with Crippen molar-refractivity contribution in [3.8, 4) is 0 Å². The van der Waals surface area contributed by atoms with E-state index in [0.29, 0.717) is 18.6 Å². The average molecular weight is 395 g/mol. The highest BCUT2D eigenvalue weighted by Crippen LogP contribution is 2.17. The van der Waals surface area contributed by atoms with Crippen LogP contribution in [-0.4, -0.2) is 23.3 Å². The molecule has 0 aromatic heterocycles. The van der Waals surface area contributed by atoms with Gasteiger partial charge in [-0.1, -0.05) is 32.6 Å². The minimum Gasteiger partial charge on any atom is -0.274 e. The summed E-state index contributed by atoms with van der Waals surface area (Å²) in [5, 5.41) is 0. The van der Waals surface area contributed by atoms with Crippen LogP contribution < -0.4 is 0 Å². The molecule has 0 atom stereocenters. The Labute approximate surface area is 161 Å². The van der Waals surface area contributed by atoms with Gasteiger partial charge in [0.25, 0.3) is 11.8 Å². The Kier molecular flexibility index (Phi) is 7.72. The molecule has 0 unspecified atom stereocenters. The molecule has 2 amide bonds. The molecule has 0 aliphatic rings. The summed E-state index contributed by atoms with van der Waals surface area (Å²) in [4.78, 5) is 26.3. The molecule has 0 bridgehead atoms. The lowest BCUT2D eigenvalue weighted by Crippen LogP contribution is -2.38. The zero-order valence-corrected chi connectivity index (χ0v) is 15.5. The molecule has 2 aromatic carbocycles. The largest absolute Gasteiger partial charge is 0.274 e. The lowest BCUT2D eigenvalue weighted by Gasteiger charge is -2.21. The number of hydrogen-bond donors (Lipinski definition) is 0. The van der Waals surface area contributed by atoms with Gasteiger partial charge in [-0.2, -0.15) is 0 Å². The summed E-state index contributed by atoms with van der Waals surface area (Å²) in [6.07, 6.45) is 4.22. The standard InChI is InChI=1S/C21H21F4NO2/c1-2-3-4-5-6-11-26(20(27)14-7-9-16(22)18(24)12-14)21(28)15-8-10-17(23)19(25)13-15/h7-10,12-13H,2-6,11H2,1H3. The molecule has 7 heteroatoms. The molecule has 0 N–H and O–H groups in total. The van der Waals surface area contributed by atoms with Crippen LogP contribution >= 0.6 is 0 Å². The van der Waals surface area contributed by atoms with Crippen LogP contribution in [0, 0.1) is 23.3 Å². The molecule has 0 aliphatic heterocycles. The van der Waals surface area contributed by atoms with E-state index in [4.69, 9.17) is 0 Å². The number of imide groups is 1. The van der Waals surface area contributed by atoms with E-state index in [1.165, 1.54) is 0 Å². The zero-order valence-electron chi connectivity index (χ0n) is 15.5. The molecule has 150 valence electrons. The van der Waals surface area contributed by atoms with Crippen LogP contribution in [0.15, 0.2) is 36.4 Å². The van der Waals surface area contributed by atoms with Crippen molar-refractivity contribution in [2.75, 3.05) is 6.54 Å². The molecule has 2 aromatic rings. The van der Waals surface area contributed by atoms with Crippen LogP contribution in [0.1, 0.15) is 59.7 Å². The summed E-state index contributed by atoms with van der Waals surface area (Å²) in [6, 6.07) is 5.15. The third kappa shape index (κ3) is 5.41. The Morgan fingerprint density at radius 1 is 0.714 bits per heavy atom. The molecule has 0 spiro atoms. The monoisotopic (exact) mass is 395 g/mol. The Balaban J connectivity index is 2.26. The van der Waals surface area contributed by atoms with Gasteiger partial charge in [-0.05, 0) is 42.8 Å². The smallest absolute Gasteiger partial charge is 0.260 e. The molecule has 0 fully saturated rings. The van der Waals surface area contributed by atoms with Gasteiger partial charge in [-0.3, -0.25) is 14.5 Å². The Hall–Kier alpha value is -2.70. The van der Waals surface area contributed by atoms with E-state index in [1.54, 1.807) is 0 Å². The fourth-order valence-corrected chi connectivity index (χ4v) is 2.74. The predicted octanol–water partition coefficient (Wildman–Crippen LogP) is 5.50. The number of rotatable bonds is 8. The molecule has 0 heterocycles. The predicted molar refractivity (Wildman–Crippen MR) is 96.8 cm³/mol. The first-order valence-electron chi connectivity index (χ1n) is 9.11. The fourth-order valence-electron chi connectivity index (χ4n) is 2.74. The van der Waals surface area contributed by atoms with Gasteiger partial charge in [0, 0.05) is 17.7 Å². The lowest BCUT2D eigenvalue weighted by molar-refractivity contribution is 0.0612. The van der Waals surface area contributed by atoms with Gasteiger partial charge in [0.15, 0.2) is 23.3 Å². The van der Waals surface area contributed by atoms with Crippen molar-refractivity contribution in [2.45, 2.75) is 39.0 Å². The first-order chi connectivity index (χ1) is 13.3. The highest BCUT2D eigenvalue weighted by molar-refractivity contribution is 6.10. The number of carbonyl (C=O) groups excluding carboxylic acids is 2. The highest BCUT2D eigenvalue weighted by atomic mass is 19.2. The zero-order chi connectivity index (χ0) is 20.7. The third-order valence-corrected chi connectivity index (χ3v) is 4.31. The van der Waals surface area contributed by atoms with E-state index in [9.17, 15) is 27.2 Å². The van der Waals surface area contributed by atoms with Gasteiger partial charge in [0.05, 0.1) is 0 Å². The SMILES string of the molecule is CCCCCCCN(C(=O)c1ccc(F)c(F)c1)C(=O)c1ccc(F)c(F)c1. The van der Waals surface area contributed by atoms with Gasteiger partial charge in [0.2, 0.25) is 0 Å². The van der Waals surface area contributed by atoms with Crippen molar-refractivity contribution in [1.29, 1.82) is 0 Å². The quantitative estimate of drug-likeness (QED) is 0.336. The van der Waals surface area contributed by atoms with Crippen molar-refractivity contribution in [3.05, 3.63) is 70.8 Å². The summed E-state index contributed by atoms with van der Waals surface area (Å²) in [5.41, 5.74) is -0.410. The van der Waals surface area contributed by atoms with Gasteiger partial charge in [0.1, 0.15) is 0 Å². The molecule has 0 saturated carbocycles. The molecular formula is C21H21F4NO2. The maximum absolute atomic E-state index is 13.5. The number of hydrogen-bond acceptors (Lipinski definition) is 2. The number of halogens is 4. The van der Waals surface area contributed by atoms with Crippen LogP contribution in [0.25, 0.3) is 0 Å². The average Bonchev–Trinajstić information content (AvgIpc) is 2.68. The fraction of sp³-hybridized carbons (Fsp3) is 0.333. The number of carbonyl (C=O) groups is 2. The van der Waals surface area contributed by atoms with Crippen molar-refractivity contribution in [2.24, 2.45) is 0 Å².